The normalized spacial score (nSPS) is 11.3. The van der Waals surface area contributed by atoms with Gasteiger partial charge in [0.15, 0.2) is 5.17 Å². The van der Waals surface area contributed by atoms with Crippen LogP contribution in [0.1, 0.15) is 11.1 Å². The van der Waals surface area contributed by atoms with E-state index in [4.69, 9.17) is 9.73 Å². The van der Waals surface area contributed by atoms with Crippen molar-refractivity contribution in [1.82, 2.24) is 0 Å². The number of nitrogens with zero attached hydrogens (tertiary/aromatic N) is 2. The van der Waals surface area contributed by atoms with E-state index in [2.05, 4.69) is 17.0 Å². The van der Waals surface area contributed by atoms with Gasteiger partial charge in [-0.1, -0.05) is 54.2 Å². The molecule has 3 aromatic carbocycles. The van der Waals surface area contributed by atoms with Gasteiger partial charge < -0.3 is 14.7 Å². The van der Waals surface area contributed by atoms with E-state index in [1.165, 1.54) is 5.56 Å². The summed E-state index contributed by atoms with van der Waals surface area (Å²) < 4.78 is 5.29. The number of phenols is 1. The first-order valence-corrected chi connectivity index (χ1v) is 10.2. The highest BCUT2D eigenvalue weighted by atomic mass is 32.2. The Labute approximate surface area is 170 Å². The molecule has 0 spiro atoms. The largest absolute Gasteiger partial charge is 0.508 e. The molecular formula is C23H24N2O2S. The maximum absolute atomic E-state index is 9.58. The van der Waals surface area contributed by atoms with Gasteiger partial charge in [0.05, 0.1) is 20.2 Å². The summed E-state index contributed by atoms with van der Waals surface area (Å²) in [5, 5.41) is 10.5. The third kappa shape index (κ3) is 5.30. The molecule has 0 amide bonds. The lowest BCUT2D eigenvalue weighted by atomic mass is 10.2. The van der Waals surface area contributed by atoms with Gasteiger partial charge >= 0.3 is 0 Å². The molecule has 28 heavy (non-hydrogen) atoms. The van der Waals surface area contributed by atoms with Gasteiger partial charge in [-0.15, -0.1) is 0 Å². The number of rotatable bonds is 6. The van der Waals surface area contributed by atoms with Crippen LogP contribution in [0.15, 0.2) is 83.9 Å². The monoisotopic (exact) mass is 392 g/mol. The van der Waals surface area contributed by atoms with Crippen LogP contribution in [0.3, 0.4) is 0 Å². The first kappa shape index (κ1) is 19.8. The number of phenolic OH excluding ortho intramolecular Hbond substituents is 1. The molecule has 0 atom stereocenters. The lowest BCUT2D eigenvalue weighted by Crippen LogP contribution is -2.28. The fraction of sp³-hybridized carbons (Fsp3) is 0.174. The molecular weight excluding hydrogens is 368 g/mol. The van der Waals surface area contributed by atoms with Gasteiger partial charge in [0.2, 0.25) is 0 Å². The highest BCUT2D eigenvalue weighted by molar-refractivity contribution is 8.13. The quantitative estimate of drug-likeness (QED) is 0.455. The second kappa shape index (κ2) is 9.85. The number of amidine groups is 1. The SMILES string of the molecule is COc1ccc(N(Cc2ccc(O)cc2)C(=NCc2ccccc2)SC)cc1. The molecule has 0 aliphatic carbocycles. The summed E-state index contributed by atoms with van der Waals surface area (Å²) in [5.74, 6) is 1.09. The fourth-order valence-electron chi connectivity index (χ4n) is 2.82. The van der Waals surface area contributed by atoms with E-state index in [0.717, 1.165) is 22.2 Å². The summed E-state index contributed by atoms with van der Waals surface area (Å²) in [4.78, 5) is 7.05. The first-order chi connectivity index (χ1) is 13.7. The molecule has 0 aliphatic heterocycles. The summed E-state index contributed by atoms with van der Waals surface area (Å²) in [5.41, 5.74) is 3.30. The van der Waals surface area contributed by atoms with Crippen LogP contribution in [0.5, 0.6) is 11.5 Å². The van der Waals surface area contributed by atoms with Gasteiger partial charge in [0.25, 0.3) is 0 Å². The van der Waals surface area contributed by atoms with Crippen LogP contribution in [-0.4, -0.2) is 23.6 Å². The van der Waals surface area contributed by atoms with E-state index >= 15 is 0 Å². The molecule has 0 fully saturated rings. The molecule has 0 saturated heterocycles. The molecule has 144 valence electrons. The molecule has 0 bridgehead atoms. The average molecular weight is 393 g/mol. The zero-order chi connectivity index (χ0) is 19.8. The molecule has 0 aliphatic rings. The van der Waals surface area contributed by atoms with Crippen molar-refractivity contribution < 1.29 is 9.84 Å². The van der Waals surface area contributed by atoms with Crippen molar-refractivity contribution in [3.05, 3.63) is 90.0 Å². The number of hydrogen-bond donors (Lipinski definition) is 1. The van der Waals surface area contributed by atoms with Crippen LogP contribution >= 0.6 is 11.8 Å². The van der Waals surface area contributed by atoms with E-state index in [1.54, 1.807) is 31.0 Å². The number of anilines is 1. The number of aromatic hydroxyl groups is 1. The average Bonchev–Trinajstić information content (AvgIpc) is 2.75. The Hall–Kier alpha value is -2.92. The van der Waals surface area contributed by atoms with Crippen LogP contribution in [-0.2, 0) is 13.1 Å². The van der Waals surface area contributed by atoms with Crippen molar-refractivity contribution in [1.29, 1.82) is 0 Å². The number of thioether (sulfide) groups is 1. The van der Waals surface area contributed by atoms with Crippen molar-refractivity contribution in [2.45, 2.75) is 13.1 Å². The molecule has 0 aromatic heterocycles. The Balaban J connectivity index is 1.91. The van der Waals surface area contributed by atoms with Gasteiger partial charge in [0.1, 0.15) is 11.5 Å². The Morgan fingerprint density at radius 2 is 1.61 bits per heavy atom. The van der Waals surface area contributed by atoms with Gasteiger partial charge in [0, 0.05) is 5.69 Å². The maximum atomic E-state index is 9.58. The lowest BCUT2D eigenvalue weighted by Gasteiger charge is -2.26. The van der Waals surface area contributed by atoms with Crippen molar-refractivity contribution in [2.75, 3.05) is 18.3 Å². The maximum Gasteiger partial charge on any atom is 0.164 e. The van der Waals surface area contributed by atoms with E-state index in [1.807, 2.05) is 60.9 Å². The molecule has 4 nitrogen and oxygen atoms in total. The molecule has 0 heterocycles. The second-order valence-electron chi connectivity index (χ2n) is 6.24. The van der Waals surface area contributed by atoms with Crippen molar-refractivity contribution >= 4 is 22.6 Å². The van der Waals surface area contributed by atoms with Gasteiger partial charge in [-0.05, 0) is 53.8 Å². The van der Waals surface area contributed by atoms with Gasteiger partial charge in [-0.3, -0.25) is 4.99 Å². The zero-order valence-corrected chi connectivity index (χ0v) is 16.9. The molecule has 0 saturated carbocycles. The minimum absolute atomic E-state index is 0.266. The zero-order valence-electron chi connectivity index (χ0n) is 16.1. The highest BCUT2D eigenvalue weighted by Crippen LogP contribution is 2.25. The van der Waals surface area contributed by atoms with Crippen LogP contribution in [0, 0.1) is 0 Å². The summed E-state index contributed by atoms with van der Waals surface area (Å²) in [6, 6.07) is 25.5. The summed E-state index contributed by atoms with van der Waals surface area (Å²) in [6.07, 6.45) is 2.04. The summed E-state index contributed by atoms with van der Waals surface area (Å²) in [7, 11) is 1.66. The number of hydrogen-bond acceptors (Lipinski definition) is 4. The second-order valence-corrected chi connectivity index (χ2v) is 7.01. The van der Waals surface area contributed by atoms with Crippen LogP contribution < -0.4 is 9.64 Å². The van der Waals surface area contributed by atoms with Crippen LogP contribution in [0.25, 0.3) is 0 Å². The van der Waals surface area contributed by atoms with Crippen molar-refractivity contribution in [2.24, 2.45) is 4.99 Å². The third-order valence-electron chi connectivity index (χ3n) is 4.31. The minimum Gasteiger partial charge on any atom is -0.508 e. The molecule has 0 radical (unpaired) electrons. The van der Waals surface area contributed by atoms with E-state index in [9.17, 15) is 5.11 Å². The van der Waals surface area contributed by atoms with Crippen LogP contribution in [0.4, 0.5) is 5.69 Å². The lowest BCUT2D eigenvalue weighted by molar-refractivity contribution is 0.415. The number of aliphatic imine (C=N–C) groups is 1. The van der Waals surface area contributed by atoms with E-state index in [-0.39, 0.29) is 5.75 Å². The van der Waals surface area contributed by atoms with E-state index < -0.39 is 0 Å². The highest BCUT2D eigenvalue weighted by Gasteiger charge is 2.14. The molecule has 1 N–H and O–H groups in total. The minimum atomic E-state index is 0.266. The standard InChI is InChI=1S/C23H24N2O2S/c1-27-22-14-10-20(11-15-22)25(17-19-8-12-21(26)13-9-19)23(28-2)24-16-18-6-4-3-5-7-18/h3-15,26H,16-17H2,1-2H3. The Kier molecular flexibility index (Phi) is 6.98. The van der Waals surface area contributed by atoms with Crippen molar-refractivity contribution in [3.8, 4) is 11.5 Å². The van der Waals surface area contributed by atoms with Crippen molar-refractivity contribution in [3.63, 3.8) is 0 Å². The Morgan fingerprint density at radius 1 is 0.929 bits per heavy atom. The fourth-order valence-corrected chi connectivity index (χ4v) is 3.40. The first-order valence-electron chi connectivity index (χ1n) is 9.01. The molecule has 3 aromatic rings. The number of ether oxygens (including phenoxy) is 1. The smallest absolute Gasteiger partial charge is 0.164 e. The van der Waals surface area contributed by atoms with E-state index in [0.29, 0.717) is 13.1 Å². The predicted molar refractivity (Wildman–Crippen MR) is 118 cm³/mol. The topological polar surface area (TPSA) is 45.1 Å². The van der Waals surface area contributed by atoms with Gasteiger partial charge in [-0.2, -0.15) is 0 Å². The van der Waals surface area contributed by atoms with Crippen LogP contribution in [0.2, 0.25) is 0 Å². The molecule has 5 heteroatoms. The number of benzene rings is 3. The molecule has 0 unspecified atom stereocenters. The third-order valence-corrected chi connectivity index (χ3v) is 5.03. The predicted octanol–water partition coefficient (Wildman–Crippen LogP) is 5.33. The molecule has 3 rings (SSSR count). The summed E-state index contributed by atoms with van der Waals surface area (Å²) in [6.45, 7) is 1.28. The Bertz CT molecular complexity index is 894. The summed E-state index contributed by atoms with van der Waals surface area (Å²) >= 11 is 1.62. The Morgan fingerprint density at radius 3 is 2.21 bits per heavy atom. The van der Waals surface area contributed by atoms with Gasteiger partial charge in [-0.25, -0.2) is 0 Å². The number of methoxy groups -OCH3 is 1.